The molecule has 3 aromatic carbocycles. The van der Waals surface area contributed by atoms with E-state index in [2.05, 4.69) is 24.6 Å². The molecule has 0 aliphatic carbocycles. The number of nitrogens with zero attached hydrogens (tertiary/aromatic N) is 6. The van der Waals surface area contributed by atoms with Crippen LogP contribution in [0.3, 0.4) is 0 Å². The molecular weight excluding hydrogens is 647 g/mol. The molecule has 15 heteroatoms. The third-order valence-electron chi connectivity index (χ3n) is 7.04. The first-order valence-corrected chi connectivity index (χ1v) is 14.6. The molecule has 0 aliphatic rings. The molecule has 0 fully saturated rings. The number of aryl methyl sites for hydroxylation is 1. The molecule has 0 spiro atoms. The summed E-state index contributed by atoms with van der Waals surface area (Å²) in [6.07, 6.45) is 1.04. The third kappa shape index (κ3) is 7.94. The molecule has 0 saturated heterocycles. The van der Waals surface area contributed by atoms with E-state index in [4.69, 9.17) is 18.9 Å². The molecule has 0 aliphatic heterocycles. The van der Waals surface area contributed by atoms with E-state index in [0.717, 1.165) is 16.7 Å². The Bertz CT molecular complexity index is 2100. The van der Waals surface area contributed by atoms with E-state index in [1.54, 1.807) is 46.9 Å². The van der Waals surface area contributed by atoms with Crippen LogP contribution < -0.4 is 66.9 Å². The van der Waals surface area contributed by atoms with Crippen LogP contribution in [0.1, 0.15) is 35.5 Å². The summed E-state index contributed by atoms with van der Waals surface area (Å²) in [5, 5.41) is 3.78. The number of carbonyl (C=O) groups is 2. The third-order valence-corrected chi connectivity index (χ3v) is 7.04. The summed E-state index contributed by atoms with van der Waals surface area (Å²) in [5.74, 6) is -1.27. The van der Waals surface area contributed by atoms with Crippen LogP contribution in [0.25, 0.3) is 33.5 Å². The Morgan fingerprint density at radius 2 is 1.77 bits per heavy atom. The molecule has 0 radical (unpaired) electrons. The number of carbonyl (C=O) groups excluding carboxylic acids is 2. The smallest absolute Gasteiger partial charge is 0.465 e. The fraction of sp³-hybridized carbons (Fsp3) is 0.212. The van der Waals surface area contributed by atoms with Gasteiger partial charge in [-0.3, -0.25) is 9.72 Å². The Kier molecular flexibility index (Phi) is 11.3. The van der Waals surface area contributed by atoms with Crippen LogP contribution in [0.2, 0.25) is 0 Å². The van der Waals surface area contributed by atoms with E-state index >= 15 is 0 Å². The quantitative estimate of drug-likeness (QED) is 0.111. The number of hydrogen-bond donors (Lipinski definition) is 0. The normalized spacial score (nSPS) is 11.5. The van der Waals surface area contributed by atoms with Gasteiger partial charge in [0.15, 0.2) is 0 Å². The monoisotopic (exact) mass is 676 g/mol. The average Bonchev–Trinajstić information content (AvgIpc) is 3.78. The van der Waals surface area contributed by atoms with Crippen molar-refractivity contribution in [2.24, 2.45) is 7.05 Å². The van der Waals surface area contributed by atoms with E-state index in [9.17, 15) is 14.4 Å². The van der Waals surface area contributed by atoms with Crippen molar-refractivity contribution in [3.05, 3.63) is 107 Å². The number of hydrogen-bond acceptors (Lipinski definition) is 11. The number of para-hydroxylation sites is 1. The van der Waals surface area contributed by atoms with Gasteiger partial charge in [0.25, 0.3) is 6.01 Å². The minimum atomic E-state index is -1.24. The minimum Gasteiger partial charge on any atom is -0.465 e. The maximum atomic E-state index is 13.4. The van der Waals surface area contributed by atoms with E-state index in [0.29, 0.717) is 41.5 Å². The van der Waals surface area contributed by atoms with E-state index in [1.165, 1.54) is 6.92 Å². The van der Waals surface area contributed by atoms with Crippen LogP contribution in [0.5, 0.6) is 6.01 Å². The Morgan fingerprint density at radius 1 is 1.00 bits per heavy atom. The molecule has 0 amide bonds. The van der Waals surface area contributed by atoms with Crippen molar-refractivity contribution in [2.75, 3.05) is 6.61 Å². The van der Waals surface area contributed by atoms with Crippen molar-refractivity contribution in [3.63, 3.8) is 0 Å². The van der Waals surface area contributed by atoms with Gasteiger partial charge in [-0.25, -0.2) is 19.4 Å². The zero-order chi connectivity index (χ0) is 32.9. The Morgan fingerprint density at radius 3 is 2.46 bits per heavy atom. The number of benzene rings is 3. The van der Waals surface area contributed by atoms with Gasteiger partial charge in [-0.2, -0.15) is 4.98 Å². The van der Waals surface area contributed by atoms with Gasteiger partial charge in [0.2, 0.25) is 6.29 Å². The second kappa shape index (κ2) is 15.6. The summed E-state index contributed by atoms with van der Waals surface area (Å²) in [5.41, 5.74) is 5.02. The van der Waals surface area contributed by atoms with Crippen molar-refractivity contribution in [3.8, 4) is 28.5 Å². The van der Waals surface area contributed by atoms with Gasteiger partial charge in [-0.05, 0) is 47.1 Å². The van der Waals surface area contributed by atoms with Gasteiger partial charge in [-0.15, -0.1) is 0 Å². The molecule has 240 valence electrons. The second-order valence-electron chi connectivity index (χ2n) is 10.4. The van der Waals surface area contributed by atoms with Gasteiger partial charge in [0.1, 0.15) is 6.61 Å². The van der Waals surface area contributed by atoms with Crippen molar-refractivity contribution in [1.29, 1.82) is 0 Å². The van der Waals surface area contributed by atoms with E-state index in [-0.39, 0.29) is 69.4 Å². The zero-order valence-corrected chi connectivity index (χ0v) is 29.8. The molecule has 1 unspecified atom stereocenters. The summed E-state index contributed by atoms with van der Waals surface area (Å²) in [6.45, 7) is 3.84. The van der Waals surface area contributed by atoms with Crippen LogP contribution in [0.15, 0.2) is 88.6 Å². The van der Waals surface area contributed by atoms with Crippen molar-refractivity contribution in [2.45, 2.75) is 33.3 Å². The van der Waals surface area contributed by atoms with Crippen LogP contribution in [0.4, 0.5) is 4.79 Å². The molecule has 6 rings (SSSR count). The van der Waals surface area contributed by atoms with Crippen molar-refractivity contribution >= 4 is 23.2 Å². The standard InChI is InChI=1S/C33H30N6O8.K/c1-4-43-31-35-27-11-7-10-26(30(40)45-20(2)46-33(42)44-18-23-17-38(3)19-34-23)28(27)39(31)16-21-12-14-22(15-13-21)24-8-5-6-9-25(24)29-36-32(41)47-37-29;/h5-15,17,19-20H,4,16,18H2,1-3H3,(H,36,37,41);/q;+1/p-1. The second-order valence-corrected chi connectivity index (χ2v) is 10.4. The maximum absolute atomic E-state index is 13.4. The van der Waals surface area contributed by atoms with Crippen LogP contribution in [-0.2, 0) is 34.4 Å². The van der Waals surface area contributed by atoms with Crippen LogP contribution in [-0.4, -0.2) is 49.3 Å². The Hall–Kier alpha value is -4.54. The van der Waals surface area contributed by atoms with E-state index in [1.807, 2.05) is 55.5 Å². The molecule has 1 atom stereocenters. The Labute approximate surface area is 316 Å². The van der Waals surface area contributed by atoms with Gasteiger partial charge in [0, 0.05) is 20.2 Å². The van der Waals surface area contributed by atoms with Gasteiger partial charge < -0.3 is 33.0 Å². The molecule has 48 heavy (non-hydrogen) atoms. The van der Waals surface area contributed by atoms with Crippen molar-refractivity contribution < 1.29 is 84.4 Å². The predicted octanol–water partition coefficient (Wildman–Crippen LogP) is 1.72. The molecule has 0 saturated carbocycles. The van der Waals surface area contributed by atoms with Crippen molar-refractivity contribution in [1.82, 2.24) is 29.2 Å². The molecule has 3 heterocycles. The largest absolute Gasteiger partial charge is 1.00 e. The molecule has 0 N–H and O–H groups in total. The topological polar surface area (TPSA) is 164 Å². The molecule has 3 aromatic heterocycles. The molecule has 14 nitrogen and oxygen atoms in total. The fourth-order valence-corrected chi connectivity index (χ4v) is 5.02. The number of fused-ring (bicyclic) bond motifs is 1. The first-order valence-electron chi connectivity index (χ1n) is 14.6. The number of rotatable bonds is 11. The summed E-state index contributed by atoms with van der Waals surface area (Å²) in [6, 6.07) is 20.6. The Balaban J connectivity index is 0.00000451. The first-order chi connectivity index (χ1) is 22.8. The summed E-state index contributed by atoms with van der Waals surface area (Å²) >= 11 is 0. The summed E-state index contributed by atoms with van der Waals surface area (Å²) in [7, 11) is 1.79. The van der Waals surface area contributed by atoms with Crippen LogP contribution in [0, 0.1) is 0 Å². The van der Waals surface area contributed by atoms with E-state index < -0.39 is 24.2 Å². The number of esters is 1. The zero-order valence-electron chi connectivity index (χ0n) is 26.7. The summed E-state index contributed by atoms with van der Waals surface area (Å²) < 4.78 is 29.7. The number of aromatic nitrogens is 6. The predicted molar refractivity (Wildman–Crippen MR) is 166 cm³/mol. The van der Waals surface area contributed by atoms with Gasteiger partial charge in [0.05, 0.1) is 41.8 Å². The fourth-order valence-electron chi connectivity index (χ4n) is 5.02. The minimum absolute atomic E-state index is 0. The molecule has 0 bridgehead atoms. The van der Waals surface area contributed by atoms with Gasteiger partial charge in [-0.1, -0.05) is 54.6 Å². The summed E-state index contributed by atoms with van der Waals surface area (Å²) in [4.78, 5) is 49.6. The average molecular weight is 677 g/mol. The SMILES string of the molecule is CCOc1nc2cccc(C(=O)OC(C)OC(=O)OCc3cn(C)cn3)c2n1Cc1ccc(-c2ccccc2-c2noc(=O)[n-]2)cc1.[K+]. The first kappa shape index (κ1) is 34.8. The maximum Gasteiger partial charge on any atom is 1.00 e. The van der Waals surface area contributed by atoms with Gasteiger partial charge >= 0.3 is 69.3 Å². The number of imidazole rings is 2. The molecular formula is C33H29KN6O8. The molecule has 6 aromatic rings. The number of ether oxygens (including phenoxy) is 4. The van der Waals surface area contributed by atoms with Crippen LogP contribution >= 0.6 is 0 Å².